The fraction of sp³-hybridized carbons (Fsp3) is 0.188. The fourth-order valence-electron chi connectivity index (χ4n) is 2.29. The lowest BCUT2D eigenvalue weighted by Gasteiger charge is -2.05. The zero-order valence-corrected chi connectivity index (χ0v) is 12.7. The lowest BCUT2D eigenvalue weighted by Crippen LogP contribution is -2.11. The van der Waals surface area contributed by atoms with Crippen molar-refractivity contribution >= 4 is 23.2 Å². The first kappa shape index (κ1) is 14.5. The van der Waals surface area contributed by atoms with E-state index in [-0.39, 0.29) is 12.4 Å². The number of benzene rings is 1. The third-order valence-electron chi connectivity index (χ3n) is 3.20. The summed E-state index contributed by atoms with van der Waals surface area (Å²) < 4.78 is 6.64. The number of hydrogen-bond donors (Lipinski definition) is 0. The molecule has 5 nitrogen and oxygen atoms in total. The predicted octanol–water partition coefficient (Wildman–Crippen LogP) is 3.16. The Balaban J connectivity index is 2.16. The Morgan fingerprint density at radius 3 is 2.73 bits per heavy atom. The van der Waals surface area contributed by atoms with Crippen molar-refractivity contribution in [1.29, 1.82) is 0 Å². The lowest BCUT2D eigenvalue weighted by molar-refractivity contribution is -0.142. The quantitative estimate of drug-likeness (QED) is 0.694. The Kier molecular flexibility index (Phi) is 4.06. The van der Waals surface area contributed by atoms with Crippen molar-refractivity contribution in [1.82, 2.24) is 14.6 Å². The Bertz CT molecular complexity index is 815. The van der Waals surface area contributed by atoms with Crippen molar-refractivity contribution in [3.05, 3.63) is 53.3 Å². The van der Waals surface area contributed by atoms with Gasteiger partial charge in [0.1, 0.15) is 5.15 Å². The van der Waals surface area contributed by atoms with Crippen LogP contribution >= 0.6 is 11.6 Å². The molecule has 0 atom stereocenters. The van der Waals surface area contributed by atoms with Crippen LogP contribution in [0, 0.1) is 0 Å². The Morgan fingerprint density at radius 1 is 1.23 bits per heavy atom. The molecule has 2 heterocycles. The number of fused-ring (bicyclic) bond motifs is 1. The molecule has 0 saturated heterocycles. The number of carbonyl (C=O) groups is 1. The van der Waals surface area contributed by atoms with Gasteiger partial charge in [0, 0.05) is 5.56 Å². The summed E-state index contributed by atoms with van der Waals surface area (Å²) >= 11 is 5.97. The largest absolute Gasteiger partial charge is 0.466 e. The predicted molar refractivity (Wildman–Crippen MR) is 83.8 cm³/mol. The summed E-state index contributed by atoms with van der Waals surface area (Å²) in [5.74, 6) is -0.316. The van der Waals surface area contributed by atoms with E-state index in [1.807, 2.05) is 30.3 Å². The van der Waals surface area contributed by atoms with E-state index in [0.29, 0.717) is 28.8 Å². The average molecular weight is 316 g/mol. The zero-order chi connectivity index (χ0) is 15.5. The first-order chi connectivity index (χ1) is 10.7. The normalized spacial score (nSPS) is 10.8. The lowest BCUT2D eigenvalue weighted by atomic mass is 10.1. The van der Waals surface area contributed by atoms with E-state index in [2.05, 4.69) is 10.1 Å². The highest BCUT2D eigenvalue weighted by Crippen LogP contribution is 2.25. The van der Waals surface area contributed by atoms with Crippen LogP contribution in [0.2, 0.25) is 5.15 Å². The number of rotatable bonds is 4. The number of ether oxygens (including phenoxy) is 1. The van der Waals surface area contributed by atoms with Gasteiger partial charge in [-0.15, -0.1) is 0 Å². The van der Waals surface area contributed by atoms with Gasteiger partial charge in [-0.3, -0.25) is 4.79 Å². The van der Waals surface area contributed by atoms with Crippen LogP contribution in [0.1, 0.15) is 12.6 Å². The van der Waals surface area contributed by atoms with Crippen LogP contribution < -0.4 is 0 Å². The monoisotopic (exact) mass is 315 g/mol. The van der Waals surface area contributed by atoms with Crippen LogP contribution in [0.5, 0.6) is 0 Å². The second-order valence-corrected chi connectivity index (χ2v) is 5.07. The summed E-state index contributed by atoms with van der Waals surface area (Å²) in [6.45, 7) is 2.12. The van der Waals surface area contributed by atoms with Gasteiger partial charge >= 0.3 is 5.97 Å². The SMILES string of the molecule is CCOC(=O)Cc1c(-c2ccccc2)nc2ccc(Cl)nn12. The first-order valence-corrected chi connectivity index (χ1v) is 7.32. The molecule has 0 radical (unpaired) electrons. The molecular weight excluding hydrogens is 302 g/mol. The number of hydrogen-bond acceptors (Lipinski definition) is 4. The Hall–Kier alpha value is -2.40. The topological polar surface area (TPSA) is 56.5 Å². The molecule has 0 amide bonds. The third kappa shape index (κ3) is 2.80. The Morgan fingerprint density at radius 2 is 2.00 bits per heavy atom. The van der Waals surface area contributed by atoms with Gasteiger partial charge in [-0.1, -0.05) is 41.9 Å². The zero-order valence-electron chi connectivity index (χ0n) is 12.0. The highest BCUT2D eigenvalue weighted by Gasteiger charge is 2.18. The summed E-state index contributed by atoms with van der Waals surface area (Å²) in [6.07, 6.45) is 0.0899. The fourth-order valence-corrected chi connectivity index (χ4v) is 2.43. The minimum Gasteiger partial charge on any atom is -0.466 e. The maximum Gasteiger partial charge on any atom is 0.311 e. The van der Waals surface area contributed by atoms with Crippen molar-refractivity contribution in [2.75, 3.05) is 6.61 Å². The number of aromatic nitrogens is 3. The molecule has 3 aromatic rings. The maximum atomic E-state index is 11.9. The molecule has 0 spiro atoms. The number of halogens is 1. The summed E-state index contributed by atoms with van der Waals surface area (Å²) in [6, 6.07) is 13.1. The molecule has 112 valence electrons. The highest BCUT2D eigenvalue weighted by atomic mass is 35.5. The highest BCUT2D eigenvalue weighted by molar-refractivity contribution is 6.29. The average Bonchev–Trinajstić information content (AvgIpc) is 2.86. The van der Waals surface area contributed by atoms with Crippen LogP contribution in [0.4, 0.5) is 0 Å². The van der Waals surface area contributed by atoms with Crippen LogP contribution in [0.25, 0.3) is 16.9 Å². The van der Waals surface area contributed by atoms with Crippen LogP contribution in [-0.4, -0.2) is 27.2 Å². The summed E-state index contributed by atoms with van der Waals surface area (Å²) in [5.41, 5.74) is 2.94. The molecule has 3 rings (SSSR count). The van der Waals surface area contributed by atoms with Gasteiger partial charge < -0.3 is 4.74 Å². The molecule has 22 heavy (non-hydrogen) atoms. The second kappa shape index (κ2) is 6.15. The van der Waals surface area contributed by atoms with Crippen LogP contribution in [0.15, 0.2) is 42.5 Å². The van der Waals surface area contributed by atoms with Gasteiger partial charge in [0.25, 0.3) is 0 Å². The molecule has 0 bridgehead atoms. The third-order valence-corrected chi connectivity index (χ3v) is 3.40. The molecule has 1 aromatic carbocycles. The van der Waals surface area contributed by atoms with Gasteiger partial charge in [0.15, 0.2) is 5.65 Å². The van der Waals surface area contributed by atoms with Crippen molar-refractivity contribution in [3.8, 4) is 11.3 Å². The van der Waals surface area contributed by atoms with Gasteiger partial charge in [0.05, 0.1) is 24.4 Å². The molecule has 0 fully saturated rings. The molecule has 6 heteroatoms. The van der Waals surface area contributed by atoms with Crippen molar-refractivity contribution in [2.45, 2.75) is 13.3 Å². The van der Waals surface area contributed by atoms with Crippen molar-refractivity contribution in [2.24, 2.45) is 0 Å². The first-order valence-electron chi connectivity index (χ1n) is 6.94. The number of esters is 1. The van der Waals surface area contributed by atoms with E-state index >= 15 is 0 Å². The molecular formula is C16H14ClN3O2. The van der Waals surface area contributed by atoms with Gasteiger partial charge in [-0.2, -0.15) is 5.10 Å². The van der Waals surface area contributed by atoms with E-state index in [9.17, 15) is 4.79 Å². The smallest absolute Gasteiger partial charge is 0.311 e. The van der Waals surface area contributed by atoms with Gasteiger partial charge in [-0.05, 0) is 19.1 Å². The number of nitrogens with zero attached hydrogens (tertiary/aromatic N) is 3. The maximum absolute atomic E-state index is 11.9. The Labute approximate surface area is 132 Å². The summed E-state index contributed by atoms with van der Waals surface area (Å²) in [7, 11) is 0. The molecule has 0 N–H and O–H groups in total. The summed E-state index contributed by atoms with van der Waals surface area (Å²) in [4.78, 5) is 16.5. The van der Waals surface area contributed by atoms with Crippen LogP contribution in [-0.2, 0) is 16.0 Å². The van der Waals surface area contributed by atoms with E-state index in [1.54, 1.807) is 23.6 Å². The molecule has 0 aliphatic rings. The van der Waals surface area contributed by atoms with Gasteiger partial charge in [-0.25, -0.2) is 9.50 Å². The number of carbonyl (C=O) groups excluding carboxylic acids is 1. The van der Waals surface area contributed by atoms with E-state index in [1.165, 1.54) is 0 Å². The van der Waals surface area contributed by atoms with Crippen molar-refractivity contribution < 1.29 is 9.53 Å². The standard InChI is InChI=1S/C16H14ClN3O2/c1-2-22-15(21)10-12-16(11-6-4-3-5-7-11)18-14-9-8-13(17)19-20(12)14/h3-9H,2,10H2,1H3. The molecule has 0 saturated carbocycles. The van der Waals surface area contributed by atoms with E-state index < -0.39 is 0 Å². The van der Waals surface area contributed by atoms with E-state index in [0.717, 1.165) is 5.56 Å². The van der Waals surface area contributed by atoms with Crippen molar-refractivity contribution in [3.63, 3.8) is 0 Å². The van der Waals surface area contributed by atoms with Crippen LogP contribution in [0.3, 0.4) is 0 Å². The molecule has 0 aliphatic carbocycles. The molecule has 0 aliphatic heterocycles. The number of imidazole rings is 1. The molecule has 0 unspecified atom stereocenters. The minimum atomic E-state index is -0.316. The second-order valence-electron chi connectivity index (χ2n) is 4.68. The molecule has 2 aromatic heterocycles. The van der Waals surface area contributed by atoms with Gasteiger partial charge in [0.2, 0.25) is 0 Å². The summed E-state index contributed by atoms with van der Waals surface area (Å²) in [5, 5.41) is 4.59. The van der Waals surface area contributed by atoms with E-state index in [4.69, 9.17) is 16.3 Å². The minimum absolute atomic E-state index is 0.0899.